The fraction of sp³-hybridized carbons (Fsp3) is 0.197. The van der Waals surface area contributed by atoms with Gasteiger partial charge in [-0.1, -0.05) is 177 Å². The summed E-state index contributed by atoms with van der Waals surface area (Å²) in [6.07, 6.45) is 1.70. The molecule has 0 spiro atoms. The van der Waals surface area contributed by atoms with Gasteiger partial charge in [-0.15, -0.1) is 0 Å². The maximum atomic E-state index is 8.99. The first-order valence-electron chi connectivity index (χ1n) is 27.2. The number of anilines is 4. The molecular weight excluding hydrogens is 881 g/mol. The molecule has 0 unspecified atom stereocenters. The van der Waals surface area contributed by atoms with Crippen molar-refractivity contribution in [2.24, 2.45) is 0 Å². The summed E-state index contributed by atoms with van der Waals surface area (Å²) in [4.78, 5) is 9.69. The summed E-state index contributed by atoms with van der Waals surface area (Å²) >= 11 is 0. The Kier molecular flexibility index (Phi) is 10.1. The number of fused-ring (bicyclic) bond motifs is 4. The van der Waals surface area contributed by atoms with Gasteiger partial charge in [0.15, 0.2) is 0 Å². The van der Waals surface area contributed by atoms with E-state index in [1.165, 1.54) is 16.8 Å². The summed E-state index contributed by atoms with van der Waals surface area (Å²) in [7, 11) is 0. The van der Waals surface area contributed by atoms with Crippen molar-refractivity contribution >= 4 is 44.6 Å². The molecule has 358 valence electrons. The molecule has 1 aliphatic rings. The molecule has 0 radical (unpaired) electrons. The highest BCUT2D eigenvalue weighted by atomic mass is 16.5. The second kappa shape index (κ2) is 17.9. The van der Waals surface area contributed by atoms with E-state index in [4.69, 9.17) is 21.3 Å². The molecule has 8 aromatic carbocycles. The minimum Gasteiger partial charge on any atom is -0.457 e. The molecule has 1 aliphatic heterocycles. The lowest BCUT2D eigenvalue weighted by Crippen LogP contribution is -2.25. The maximum absolute atomic E-state index is 8.99. The molecule has 0 amide bonds. The van der Waals surface area contributed by atoms with Gasteiger partial charge in [0, 0.05) is 57.7 Å². The average molecular weight is 948 g/mol. The number of aromatic nitrogens is 2. The summed E-state index contributed by atoms with van der Waals surface area (Å²) in [6, 6.07) is 53.8. The first kappa shape index (κ1) is 40.6. The molecule has 0 bridgehead atoms. The highest BCUT2D eigenvalue weighted by Crippen LogP contribution is 2.47. The van der Waals surface area contributed by atoms with E-state index in [2.05, 4.69) is 162 Å². The Hall–Kier alpha value is -8.09. The SMILES string of the molecule is [2H]c1c([2H])c([2H])c(-c2cccc(-c3ccc(C(C)(C)C)cc3)c2Oc2ccnc(-n3c4ccccc4c4ccc(Oc5cccc(N6CN(c7cc(C(C)(C)C)cc(C(C)(C)C)c7)c7ccccc76)c5)cc43)c2)c([2H])c1[2H]. The van der Waals surface area contributed by atoms with Gasteiger partial charge in [0.05, 0.1) is 29.3 Å². The zero-order chi connectivity index (χ0) is 54.3. The standard InChI is InChI=1S/C66H62N4O2/c1-64(2,3)46-31-29-45(30-32-46)55-25-18-24-54(44-19-11-10-12-20-44)63(55)72-53-35-36-67-62(42-53)70-58-26-14-13-23-56(58)57-34-33-52(41-61(57)70)71-51-22-17-21-49(40-51)68-43-69(60-28-16-15-27-59(60)68)50-38-47(65(4,5)6)37-48(39-50)66(7,8)9/h10-42H,43H2,1-9H3/i10D,11D,12D,19D,20D. The van der Waals surface area contributed by atoms with E-state index in [0.29, 0.717) is 46.6 Å². The third-order valence-electron chi connectivity index (χ3n) is 13.7. The lowest BCUT2D eigenvalue weighted by molar-refractivity contribution is 0.483. The largest absolute Gasteiger partial charge is 0.457 e. The number of para-hydroxylation sites is 4. The van der Waals surface area contributed by atoms with Crippen molar-refractivity contribution in [2.45, 2.75) is 78.6 Å². The second-order valence-electron chi connectivity index (χ2n) is 21.8. The Morgan fingerprint density at radius 2 is 1.06 bits per heavy atom. The quantitative estimate of drug-likeness (QED) is 0.144. The fourth-order valence-electron chi connectivity index (χ4n) is 9.71. The fourth-order valence-corrected chi connectivity index (χ4v) is 9.71. The maximum Gasteiger partial charge on any atom is 0.143 e. The number of hydrogen-bond acceptors (Lipinski definition) is 5. The van der Waals surface area contributed by atoms with Crippen LogP contribution < -0.4 is 19.3 Å². The summed E-state index contributed by atoms with van der Waals surface area (Å²) in [5.74, 6) is 2.72. The van der Waals surface area contributed by atoms with Crippen LogP contribution in [0.15, 0.2) is 200 Å². The van der Waals surface area contributed by atoms with Crippen LogP contribution >= 0.6 is 0 Å². The Balaban J connectivity index is 0.958. The van der Waals surface area contributed by atoms with Crippen molar-refractivity contribution in [3.8, 4) is 51.1 Å². The number of rotatable bonds is 9. The first-order chi connectivity index (χ1) is 36.6. The summed E-state index contributed by atoms with van der Waals surface area (Å²) in [5, 5.41) is 2.05. The van der Waals surface area contributed by atoms with E-state index >= 15 is 0 Å². The number of pyridine rings is 1. The van der Waals surface area contributed by atoms with Crippen LogP contribution in [0.25, 0.3) is 49.9 Å². The van der Waals surface area contributed by atoms with Crippen LogP contribution in [0.1, 0.15) is 85.9 Å². The van der Waals surface area contributed by atoms with Gasteiger partial charge in [0.25, 0.3) is 0 Å². The lowest BCUT2D eigenvalue weighted by atomic mass is 9.80. The number of hydrogen-bond donors (Lipinski definition) is 0. The minimum atomic E-state index is -0.458. The third-order valence-corrected chi connectivity index (χ3v) is 13.7. The van der Waals surface area contributed by atoms with Gasteiger partial charge < -0.3 is 19.3 Å². The van der Waals surface area contributed by atoms with E-state index in [0.717, 1.165) is 50.0 Å². The van der Waals surface area contributed by atoms with Crippen molar-refractivity contribution in [3.05, 3.63) is 217 Å². The van der Waals surface area contributed by atoms with Gasteiger partial charge in [0.1, 0.15) is 35.5 Å². The van der Waals surface area contributed by atoms with E-state index in [1.807, 2.05) is 66.7 Å². The van der Waals surface area contributed by atoms with Crippen molar-refractivity contribution < 1.29 is 16.3 Å². The smallest absolute Gasteiger partial charge is 0.143 e. The molecule has 3 heterocycles. The van der Waals surface area contributed by atoms with E-state index in [-0.39, 0.29) is 33.9 Å². The van der Waals surface area contributed by atoms with Crippen molar-refractivity contribution in [3.63, 3.8) is 0 Å². The monoisotopic (exact) mass is 948 g/mol. The molecule has 72 heavy (non-hydrogen) atoms. The Morgan fingerprint density at radius 1 is 0.458 bits per heavy atom. The molecule has 11 rings (SSSR count). The lowest BCUT2D eigenvalue weighted by Gasteiger charge is -2.29. The van der Waals surface area contributed by atoms with Gasteiger partial charge in [0.2, 0.25) is 0 Å². The second-order valence-corrected chi connectivity index (χ2v) is 21.8. The summed E-state index contributed by atoms with van der Waals surface area (Å²) in [5.41, 5.74) is 11.9. The molecule has 0 atom stereocenters. The van der Waals surface area contributed by atoms with Crippen LogP contribution in [0.4, 0.5) is 22.7 Å². The molecule has 6 nitrogen and oxygen atoms in total. The van der Waals surface area contributed by atoms with Crippen LogP contribution in [-0.4, -0.2) is 16.2 Å². The van der Waals surface area contributed by atoms with Crippen LogP contribution in [0.2, 0.25) is 0 Å². The van der Waals surface area contributed by atoms with Gasteiger partial charge in [-0.25, -0.2) is 4.98 Å². The predicted octanol–water partition coefficient (Wildman–Crippen LogP) is 18.2. The van der Waals surface area contributed by atoms with E-state index < -0.39 is 18.1 Å². The molecule has 0 saturated heterocycles. The van der Waals surface area contributed by atoms with Crippen molar-refractivity contribution in [1.29, 1.82) is 0 Å². The van der Waals surface area contributed by atoms with Gasteiger partial charge in [-0.05, 0) is 105 Å². The van der Waals surface area contributed by atoms with E-state index in [1.54, 1.807) is 18.3 Å². The highest BCUT2D eigenvalue weighted by molar-refractivity contribution is 6.09. The van der Waals surface area contributed by atoms with Gasteiger partial charge in [-0.3, -0.25) is 4.57 Å². The van der Waals surface area contributed by atoms with Crippen LogP contribution in [0, 0.1) is 0 Å². The summed E-state index contributed by atoms with van der Waals surface area (Å²) in [6.45, 7) is 20.8. The molecule has 0 saturated carbocycles. The number of benzene rings is 8. The third kappa shape index (κ3) is 8.87. The van der Waals surface area contributed by atoms with Crippen molar-refractivity contribution in [1.82, 2.24) is 9.55 Å². The molecule has 6 heteroatoms. The highest BCUT2D eigenvalue weighted by Gasteiger charge is 2.31. The molecule has 2 aromatic heterocycles. The molecule has 0 fully saturated rings. The van der Waals surface area contributed by atoms with Gasteiger partial charge >= 0.3 is 0 Å². The molecule has 10 aromatic rings. The Labute approximate surface area is 431 Å². The van der Waals surface area contributed by atoms with Crippen LogP contribution in [0.3, 0.4) is 0 Å². The molecular formula is C66H62N4O2. The van der Waals surface area contributed by atoms with Gasteiger partial charge in [-0.2, -0.15) is 0 Å². The zero-order valence-electron chi connectivity index (χ0n) is 47.5. The number of nitrogens with zero attached hydrogens (tertiary/aromatic N) is 4. The topological polar surface area (TPSA) is 42.8 Å². The Morgan fingerprint density at radius 3 is 1.75 bits per heavy atom. The average Bonchev–Trinajstić information content (AvgIpc) is 4.07. The predicted molar refractivity (Wildman–Crippen MR) is 301 cm³/mol. The van der Waals surface area contributed by atoms with E-state index in [9.17, 15) is 0 Å². The van der Waals surface area contributed by atoms with Crippen LogP contribution in [0.5, 0.6) is 23.0 Å². The molecule has 0 aliphatic carbocycles. The molecule has 0 N–H and O–H groups in total. The minimum absolute atomic E-state index is 0.0205. The van der Waals surface area contributed by atoms with Crippen LogP contribution in [-0.2, 0) is 16.2 Å². The van der Waals surface area contributed by atoms with Crippen molar-refractivity contribution in [2.75, 3.05) is 16.5 Å². The summed E-state index contributed by atoms with van der Waals surface area (Å²) < 4.78 is 59.3. The normalized spacial score (nSPS) is 13.9. The number of ether oxygens (including phenoxy) is 2. The zero-order valence-corrected chi connectivity index (χ0v) is 42.5. The Bertz CT molecular complexity index is 3880. The first-order valence-corrected chi connectivity index (χ1v) is 24.7.